The maximum Gasteiger partial charge on any atom is 0.261 e. The first-order chi connectivity index (χ1) is 15.3. The van der Waals surface area contributed by atoms with E-state index in [0.717, 1.165) is 40.2 Å². The summed E-state index contributed by atoms with van der Waals surface area (Å²) in [5.41, 5.74) is 0.923. The van der Waals surface area contributed by atoms with E-state index < -0.39 is 6.04 Å². The van der Waals surface area contributed by atoms with Crippen molar-refractivity contribution >= 4 is 55.3 Å². The molecule has 1 atom stereocenters. The van der Waals surface area contributed by atoms with Crippen LogP contribution in [0.15, 0.2) is 51.4 Å². The third-order valence-electron chi connectivity index (χ3n) is 5.61. The lowest BCUT2D eigenvalue weighted by Crippen LogP contribution is -2.51. The summed E-state index contributed by atoms with van der Waals surface area (Å²) in [4.78, 5) is 27.7. The van der Waals surface area contributed by atoms with Gasteiger partial charge in [-0.05, 0) is 55.7 Å². The number of nitrogens with one attached hydrogen (secondary N) is 1. The van der Waals surface area contributed by atoms with Crippen LogP contribution in [-0.4, -0.2) is 35.4 Å². The van der Waals surface area contributed by atoms with Gasteiger partial charge in [-0.15, -0.1) is 0 Å². The van der Waals surface area contributed by atoms with Crippen molar-refractivity contribution in [2.45, 2.75) is 57.7 Å². The zero-order valence-corrected chi connectivity index (χ0v) is 21.9. The highest BCUT2D eigenvalue weighted by Crippen LogP contribution is 2.28. The van der Waals surface area contributed by atoms with Crippen LogP contribution in [0.1, 0.15) is 44.6 Å². The number of amides is 2. The minimum atomic E-state index is -0.632. The number of hydrogen-bond acceptors (Lipinski definition) is 3. The SMILES string of the molecule is CC(C(=O)NC1CCCCC1)N(Cc1cccc(Br)c1)C(=O)COc1ccc(Br)cc1Cl. The van der Waals surface area contributed by atoms with Gasteiger partial charge in [0.05, 0.1) is 5.02 Å². The van der Waals surface area contributed by atoms with Crippen LogP contribution in [0, 0.1) is 0 Å². The fraction of sp³-hybridized carbons (Fsp3) is 0.417. The first-order valence-electron chi connectivity index (χ1n) is 10.8. The largest absolute Gasteiger partial charge is 0.482 e. The number of carbonyl (C=O) groups excluding carboxylic acids is 2. The zero-order valence-electron chi connectivity index (χ0n) is 18.0. The number of ether oxygens (including phenoxy) is 1. The molecule has 8 heteroatoms. The molecule has 1 aliphatic carbocycles. The molecule has 0 radical (unpaired) electrons. The van der Waals surface area contributed by atoms with Crippen molar-refractivity contribution in [3.05, 3.63) is 62.0 Å². The average molecular weight is 587 g/mol. The van der Waals surface area contributed by atoms with E-state index in [-0.39, 0.29) is 24.5 Å². The second-order valence-electron chi connectivity index (χ2n) is 8.03. The van der Waals surface area contributed by atoms with Gasteiger partial charge in [0.15, 0.2) is 6.61 Å². The summed E-state index contributed by atoms with van der Waals surface area (Å²) in [5.74, 6) is 0.00195. The Morgan fingerprint density at radius 3 is 2.53 bits per heavy atom. The second-order valence-corrected chi connectivity index (χ2v) is 10.3. The van der Waals surface area contributed by atoms with E-state index in [1.165, 1.54) is 6.42 Å². The van der Waals surface area contributed by atoms with Crippen LogP contribution in [-0.2, 0) is 16.1 Å². The molecule has 0 aliphatic heterocycles. The van der Waals surface area contributed by atoms with Crippen molar-refractivity contribution < 1.29 is 14.3 Å². The van der Waals surface area contributed by atoms with Crippen molar-refractivity contribution in [2.75, 3.05) is 6.61 Å². The summed E-state index contributed by atoms with van der Waals surface area (Å²) >= 11 is 13.0. The number of carbonyl (C=O) groups is 2. The molecule has 1 fully saturated rings. The molecule has 2 aromatic carbocycles. The number of hydrogen-bond donors (Lipinski definition) is 1. The molecular formula is C24H27Br2ClN2O3. The highest BCUT2D eigenvalue weighted by atomic mass is 79.9. The lowest BCUT2D eigenvalue weighted by Gasteiger charge is -2.31. The van der Waals surface area contributed by atoms with Gasteiger partial charge >= 0.3 is 0 Å². The van der Waals surface area contributed by atoms with Gasteiger partial charge in [0.25, 0.3) is 5.91 Å². The maximum atomic E-state index is 13.2. The molecule has 0 aromatic heterocycles. The Morgan fingerprint density at radius 2 is 1.84 bits per heavy atom. The molecule has 1 aliphatic rings. The first-order valence-corrected chi connectivity index (χ1v) is 12.7. The van der Waals surface area contributed by atoms with Crippen LogP contribution < -0.4 is 10.1 Å². The summed E-state index contributed by atoms with van der Waals surface area (Å²) in [7, 11) is 0. The van der Waals surface area contributed by atoms with Crippen LogP contribution in [0.4, 0.5) is 0 Å². The van der Waals surface area contributed by atoms with Gasteiger partial charge < -0.3 is 15.0 Å². The molecule has 0 spiro atoms. The minimum Gasteiger partial charge on any atom is -0.482 e. The van der Waals surface area contributed by atoms with E-state index >= 15 is 0 Å². The molecule has 2 aromatic rings. The monoisotopic (exact) mass is 584 g/mol. The summed E-state index contributed by atoms with van der Waals surface area (Å²) in [6.45, 7) is 1.85. The first kappa shape index (κ1) is 25.1. The van der Waals surface area contributed by atoms with Gasteiger partial charge in [-0.1, -0.05) is 74.9 Å². The van der Waals surface area contributed by atoms with Gasteiger partial charge in [-0.2, -0.15) is 0 Å². The maximum absolute atomic E-state index is 13.2. The Hall–Kier alpha value is -1.57. The third kappa shape index (κ3) is 7.22. The summed E-state index contributed by atoms with van der Waals surface area (Å²) < 4.78 is 7.43. The minimum absolute atomic E-state index is 0.137. The van der Waals surface area contributed by atoms with Gasteiger partial charge in [-0.25, -0.2) is 0 Å². The van der Waals surface area contributed by atoms with E-state index in [4.69, 9.17) is 16.3 Å². The Bertz CT molecular complexity index is 951. The van der Waals surface area contributed by atoms with Crippen LogP contribution in [0.25, 0.3) is 0 Å². The quantitative estimate of drug-likeness (QED) is 0.406. The Kier molecular flexibility index (Phi) is 9.44. The highest BCUT2D eigenvalue weighted by Gasteiger charge is 2.28. The second kappa shape index (κ2) is 12.1. The molecule has 2 amide bonds. The number of nitrogens with zero attached hydrogens (tertiary/aromatic N) is 1. The van der Waals surface area contributed by atoms with E-state index in [1.807, 2.05) is 24.3 Å². The van der Waals surface area contributed by atoms with E-state index in [0.29, 0.717) is 17.3 Å². The third-order valence-corrected chi connectivity index (χ3v) is 6.89. The van der Waals surface area contributed by atoms with Crippen molar-refractivity contribution in [3.8, 4) is 5.75 Å². The normalized spacial score (nSPS) is 15.1. The van der Waals surface area contributed by atoms with Crippen LogP contribution in [0.2, 0.25) is 5.02 Å². The Balaban J connectivity index is 1.72. The lowest BCUT2D eigenvalue weighted by molar-refractivity contribution is -0.142. The molecule has 1 N–H and O–H groups in total. The Morgan fingerprint density at radius 1 is 1.12 bits per heavy atom. The molecule has 0 bridgehead atoms. The molecule has 1 unspecified atom stereocenters. The standard InChI is InChI=1S/C24H27Br2ClN2O3/c1-16(24(31)28-20-8-3-2-4-9-20)29(14-17-6-5-7-18(25)12-17)23(30)15-32-22-11-10-19(26)13-21(22)27/h5-7,10-13,16,20H,2-4,8-9,14-15H2,1H3,(H,28,31). The number of halogens is 3. The summed E-state index contributed by atoms with van der Waals surface area (Å²) in [5, 5.41) is 3.54. The number of rotatable bonds is 8. The molecule has 0 heterocycles. The van der Waals surface area contributed by atoms with Crippen LogP contribution in [0.3, 0.4) is 0 Å². The summed E-state index contributed by atoms with van der Waals surface area (Å²) in [6.07, 6.45) is 5.45. The predicted molar refractivity (Wildman–Crippen MR) is 134 cm³/mol. The van der Waals surface area contributed by atoms with Crippen molar-refractivity contribution in [2.24, 2.45) is 0 Å². The summed E-state index contributed by atoms with van der Waals surface area (Å²) in [6, 6.07) is 12.5. The van der Waals surface area contributed by atoms with Crippen molar-refractivity contribution in [1.82, 2.24) is 10.2 Å². The fourth-order valence-corrected chi connectivity index (χ4v) is 4.97. The zero-order chi connectivity index (χ0) is 23.1. The molecule has 1 saturated carbocycles. The molecular weight excluding hydrogens is 560 g/mol. The average Bonchev–Trinajstić information content (AvgIpc) is 2.77. The predicted octanol–water partition coefficient (Wildman–Crippen LogP) is 6.11. The topological polar surface area (TPSA) is 58.6 Å². The van der Waals surface area contributed by atoms with E-state index in [9.17, 15) is 9.59 Å². The van der Waals surface area contributed by atoms with Crippen LogP contribution >= 0.6 is 43.5 Å². The fourth-order valence-electron chi connectivity index (χ4n) is 3.80. The van der Waals surface area contributed by atoms with E-state index in [1.54, 1.807) is 30.0 Å². The van der Waals surface area contributed by atoms with Gasteiger partial charge in [0.2, 0.25) is 5.91 Å². The Labute approximate surface area is 211 Å². The molecule has 3 rings (SSSR count). The highest BCUT2D eigenvalue weighted by molar-refractivity contribution is 9.10. The van der Waals surface area contributed by atoms with Crippen LogP contribution in [0.5, 0.6) is 5.75 Å². The molecule has 172 valence electrons. The van der Waals surface area contributed by atoms with Gasteiger partial charge in [-0.3, -0.25) is 9.59 Å². The molecule has 32 heavy (non-hydrogen) atoms. The van der Waals surface area contributed by atoms with Crippen molar-refractivity contribution in [1.29, 1.82) is 0 Å². The smallest absolute Gasteiger partial charge is 0.261 e. The number of benzene rings is 2. The molecule has 5 nitrogen and oxygen atoms in total. The van der Waals surface area contributed by atoms with Crippen molar-refractivity contribution in [3.63, 3.8) is 0 Å². The van der Waals surface area contributed by atoms with E-state index in [2.05, 4.69) is 37.2 Å². The van der Waals surface area contributed by atoms with Gasteiger partial charge in [0.1, 0.15) is 11.8 Å². The van der Waals surface area contributed by atoms with Gasteiger partial charge in [0, 0.05) is 21.5 Å². The molecule has 0 saturated heterocycles. The lowest BCUT2D eigenvalue weighted by atomic mass is 9.95.